The molecule has 18 heavy (non-hydrogen) atoms. The van der Waals surface area contributed by atoms with Gasteiger partial charge in [0, 0.05) is 13.1 Å². The Balaban J connectivity index is 2.07. The van der Waals surface area contributed by atoms with Crippen molar-refractivity contribution in [2.24, 2.45) is 5.73 Å². The maximum atomic E-state index is 5.62. The van der Waals surface area contributed by atoms with E-state index < -0.39 is 0 Å². The highest BCUT2D eigenvalue weighted by molar-refractivity contribution is 5.38. The zero-order chi connectivity index (χ0) is 13.1. The molecule has 1 aliphatic rings. The van der Waals surface area contributed by atoms with Gasteiger partial charge >= 0.3 is 0 Å². The first-order valence-corrected chi connectivity index (χ1v) is 7.12. The molecule has 0 atom stereocenters. The van der Waals surface area contributed by atoms with Gasteiger partial charge in [-0.3, -0.25) is 0 Å². The van der Waals surface area contributed by atoms with E-state index in [-0.39, 0.29) is 0 Å². The number of nitrogens with zero attached hydrogens (tertiary/aromatic N) is 1. The van der Waals surface area contributed by atoms with E-state index >= 15 is 0 Å². The summed E-state index contributed by atoms with van der Waals surface area (Å²) in [6.07, 6.45) is 2.56. The molecule has 2 nitrogen and oxygen atoms in total. The average Bonchev–Trinajstić information content (AvgIpc) is 2.35. The molecule has 0 aromatic heterocycles. The summed E-state index contributed by atoms with van der Waals surface area (Å²) in [7, 11) is 0. The van der Waals surface area contributed by atoms with Crippen molar-refractivity contribution in [3.05, 3.63) is 34.4 Å². The minimum absolute atomic E-state index is 0.748. The highest BCUT2D eigenvalue weighted by atomic mass is 15.1. The number of rotatable bonds is 3. The van der Waals surface area contributed by atoms with Gasteiger partial charge in [-0.15, -0.1) is 0 Å². The van der Waals surface area contributed by atoms with Crippen molar-refractivity contribution < 1.29 is 0 Å². The van der Waals surface area contributed by atoms with Crippen molar-refractivity contribution in [3.63, 3.8) is 0 Å². The fraction of sp³-hybridized carbons (Fsp3) is 0.625. The molecule has 1 aliphatic heterocycles. The molecule has 1 fully saturated rings. The molecule has 0 spiro atoms. The molecule has 1 aromatic rings. The Hall–Kier alpha value is -0.860. The maximum Gasteiger partial charge on any atom is 0.0105 e. The summed E-state index contributed by atoms with van der Waals surface area (Å²) in [6, 6.07) is 4.75. The van der Waals surface area contributed by atoms with Crippen LogP contribution in [0.1, 0.15) is 41.0 Å². The largest absolute Gasteiger partial charge is 0.329 e. The zero-order valence-electron chi connectivity index (χ0n) is 12.0. The second-order valence-electron chi connectivity index (χ2n) is 5.70. The van der Waals surface area contributed by atoms with Crippen molar-refractivity contribution >= 4 is 0 Å². The number of benzene rings is 1. The number of hydrogen-bond donors (Lipinski definition) is 1. The lowest BCUT2D eigenvalue weighted by Crippen LogP contribution is -2.36. The Morgan fingerprint density at radius 2 is 1.67 bits per heavy atom. The molecule has 1 aromatic carbocycles. The van der Waals surface area contributed by atoms with E-state index in [4.69, 9.17) is 5.73 Å². The predicted octanol–water partition coefficient (Wildman–Crippen LogP) is 2.75. The summed E-state index contributed by atoms with van der Waals surface area (Å²) in [5, 5.41) is 0. The molecule has 2 rings (SSSR count). The van der Waals surface area contributed by atoms with Gasteiger partial charge in [-0.2, -0.15) is 0 Å². The summed E-state index contributed by atoms with van der Waals surface area (Å²) >= 11 is 0. The van der Waals surface area contributed by atoms with Crippen LogP contribution in [0.2, 0.25) is 0 Å². The van der Waals surface area contributed by atoms with Gasteiger partial charge in [0.25, 0.3) is 0 Å². The monoisotopic (exact) mass is 246 g/mol. The Bertz CT molecular complexity index is 404. The van der Waals surface area contributed by atoms with Crippen LogP contribution in [0.25, 0.3) is 0 Å². The van der Waals surface area contributed by atoms with Crippen LogP contribution in [0.15, 0.2) is 12.1 Å². The lowest BCUT2D eigenvalue weighted by Gasteiger charge is -2.32. The minimum Gasteiger partial charge on any atom is -0.329 e. The molecule has 0 aliphatic carbocycles. The summed E-state index contributed by atoms with van der Waals surface area (Å²) < 4.78 is 0. The van der Waals surface area contributed by atoms with E-state index in [9.17, 15) is 0 Å². The molecule has 0 saturated carbocycles. The number of hydrogen-bond acceptors (Lipinski definition) is 2. The van der Waals surface area contributed by atoms with Gasteiger partial charge < -0.3 is 10.6 Å². The van der Waals surface area contributed by atoms with Gasteiger partial charge in [-0.1, -0.05) is 12.1 Å². The third kappa shape index (κ3) is 2.93. The lowest BCUT2D eigenvalue weighted by atomic mass is 9.85. The molecule has 0 unspecified atom stereocenters. The first-order valence-electron chi connectivity index (χ1n) is 7.12. The first-order chi connectivity index (χ1) is 8.61. The molecular weight excluding hydrogens is 220 g/mol. The van der Waals surface area contributed by atoms with E-state index in [0.29, 0.717) is 0 Å². The van der Waals surface area contributed by atoms with Gasteiger partial charge in [-0.05, 0) is 74.9 Å². The van der Waals surface area contributed by atoms with Crippen LogP contribution in [0, 0.1) is 20.8 Å². The van der Waals surface area contributed by atoms with Gasteiger partial charge in [0.1, 0.15) is 0 Å². The van der Waals surface area contributed by atoms with Crippen LogP contribution in [-0.2, 0) is 0 Å². The fourth-order valence-electron chi connectivity index (χ4n) is 3.07. The van der Waals surface area contributed by atoms with Crippen molar-refractivity contribution in [1.29, 1.82) is 0 Å². The van der Waals surface area contributed by atoms with E-state index in [1.165, 1.54) is 42.6 Å². The molecule has 0 bridgehead atoms. The lowest BCUT2D eigenvalue weighted by molar-refractivity contribution is 0.217. The average molecular weight is 246 g/mol. The SMILES string of the molecule is Cc1cc(C)c(C2CCN(CCN)CC2)cc1C. The van der Waals surface area contributed by atoms with Crippen LogP contribution in [0.4, 0.5) is 0 Å². The van der Waals surface area contributed by atoms with E-state index in [1.807, 2.05) is 0 Å². The second kappa shape index (κ2) is 5.85. The molecule has 0 radical (unpaired) electrons. The van der Waals surface area contributed by atoms with Gasteiger partial charge in [0.15, 0.2) is 0 Å². The molecule has 100 valence electrons. The Morgan fingerprint density at radius 3 is 2.28 bits per heavy atom. The fourth-order valence-corrected chi connectivity index (χ4v) is 3.07. The topological polar surface area (TPSA) is 29.3 Å². The Kier molecular flexibility index (Phi) is 4.41. The number of nitrogens with two attached hydrogens (primary N) is 1. The first kappa shape index (κ1) is 13.6. The third-order valence-corrected chi connectivity index (χ3v) is 4.36. The normalized spacial score (nSPS) is 18.2. The van der Waals surface area contributed by atoms with E-state index in [2.05, 4.69) is 37.8 Å². The van der Waals surface area contributed by atoms with Gasteiger partial charge in [0.2, 0.25) is 0 Å². The Morgan fingerprint density at radius 1 is 1.06 bits per heavy atom. The summed E-state index contributed by atoms with van der Waals surface area (Å²) in [5.74, 6) is 0.748. The third-order valence-electron chi connectivity index (χ3n) is 4.36. The quantitative estimate of drug-likeness (QED) is 0.888. The van der Waals surface area contributed by atoms with Crippen molar-refractivity contribution in [2.45, 2.75) is 39.5 Å². The molecule has 0 amide bonds. The minimum atomic E-state index is 0.748. The van der Waals surface area contributed by atoms with Crippen molar-refractivity contribution in [3.8, 4) is 0 Å². The molecule has 2 heteroatoms. The summed E-state index contributed by atoms with van der Waals surface area (Å²) in [4.78, 5) is 2.49. The standard InChI is InChI=1S/C16H26N2/c1-12-10-14(3)16(11-13(12)2)15-4-7-18(8-5-15)9-6-17/h10-11,15H,4-9,17H2,1-3H3. The number of piperidine rings is 1. The van der Waals surface area contributed by atoms with Crippen LogP contribution < -0.4 is 5.73 Å². The second-order valence-corrected chi connectivity index (χ2v) is 5.70. The van der Waals surface area contributed by atoms with Gasteiger partial charge in [0.05, 0.1) is 0 Å². The van der Waals surface area contributed by atoms with E-state index in [1.54, 1.807) is 5.56 Å². The molecular formula is C16H26N2. The van der Waals surface area contributed by atoms with Crippen LogP contribution in [0.5, 0.6) is 0 Å². The van der Waals surface area contributed by atoms with Crippen LogP contribution >= 0.6 is 0 Å². The smallest absolute Gasteiger partial charge is 0.0105 e. The molecule has 1 saturated heterocycles. The van der Waals surface area contributed by atoms with Crippen LogP contribution in [0.3, 0.4) is 0 Å². The highest BCUT2D eigenvalue weighted by Gasteiger charge is 2.21. The molecule has 2 N–H and O–H groups in total. The number of aryl methyl sites for hydroxylation is 3. The molecule has 1 heterocycles. The van der Waals surface area contributed by atoms with Gasteiger partial charge in [-0.25, -0.2) is 0 Å². The predicted molar refractivity (Wildman–Crippen MR) is 78.1 cm³/mol. The van der Waals surface area contributed by atoms with Crippen LogP contribution in [-0.4, -0.2) is 31.1 Å². The maximum absolute atomic E-state index is 5.62. The van der Waals surface area contributed by atoms with E-state index in [0.717, 1.165) is 19.0 Å². The van der Waals surface area contributed by atoms with Crippen molar-refractivity contribution in [2.75, 3.05) is 26.2 Å². The summed E-state index contributed by atoms with van der Waals surface area (Å²) in [6.45, 7) is 10.9. The zero-order valence-corrected chi connectivity index (χ0v) is 12.0. The van der Waals surface area contributed by atoms with Crippen molar-refractivity contribution in [1.82, 2.24) is 4.90 Å². The number of likely N-dealkylation sites (tertiary alicyclic amines) is 1. The highest BCUT2D eigenvalue weighted by Crippen LogP contribution is 2.31. The Labute approximate surface area is 111 Å². The summed E-state index contributed by atoms with van der Waals surface area (Å²) in [5.41, 5.74) is 11.5.